The number of benzene rings is 2. The minimum absolute atomic E-state index is 0.0520. The highest BCUT2D eigenvalue weighted by Crippen LogP contribution is 2.47. The van der Waals surface area contributed by atoms with Gasteiger partial charge in [0.1, 0.15) is 11.5 Å². The summed E-state index contributed by atoms with van der Waals surface area (Å²) in [5.74, 6) is 1.41. The number of likely N-dealkylation sites (N-methyl/N-ethyl adjacent to an activating group) is 1. The maximum atomic E-state index is 12.3. The Kier molecular flexibility index (Phi) is 5.08. The highest BCUT2D eigenvalue weighted by atomic mass is 32.2. The van der Waals surface area contributed by atoms with Gasteiger partial charge in [-0.3, -0.25) is 14.8 Å². The fourth-order valence-corrected chi connectivity index (χ4v) is 5.35. The Morgan fingerprint density at radius 2 is 1.84 bits per heavy atom. The lowest BCUT2D eigenvalue weighted by atomic mass is 9.95. The van der Waals surface area contributed by atoms with Crippen LogP contribution >= 0.6 is 11.8 Å². The Labute approximate surface area is 184 Å². The number of thioether (sulfide) groups is 1. The van der Waals surface area contributed by atoms with Crippen molar-refractivity contribution in [1.29, 1.82) is 0 Å². The smallest absolute Gasteiger partial charge is 0.228 e. The first-order valence-corrected chi connectivity index (χ1v) is 11.0. The number of hydrogen-bond acceptors (Lipinski definition) is 5. The fourth-order valence-electron chi connectivity index (χ4n) is 4.03. The molecule has 1 N–H and O–H groups in total. The van der Waals surface area contributed by atoms with E-state index < -0.39 is 0 Å². The van der Waals surface area contributed by atoms with E-state index in [-0.39, 0.29) is 17.1 Å². The Morgan fingerprint density at radius 1 is 1.00 bits per heavy atom. The zero-order valence-corrected chi connectivity index (χ0v) is 18.0. The van der Waals surface area contributed by atoms with Crippen LogP contribution in [0.3, 0.4) is 0 Å². The van der Waals surface area contributed by atoms with Gasteiger partial charge in [-0.15, -0.1) is 11.8 Å². The summed E-state index contributed by atoms with van der Waals surface area (Å²) in [4.78, 5) is 22.0. The molecule has 6 heteroatoms. The van der Waals surface area contributed by atoms with Crippen LogP contribution in [0.5, 0.6) is 11.5 Å². The van der Waals surface area contributed by atoms with Gasteiger partial charge in [-0.05, 0) is 59.2 Å². The van der Waals surface area contributed by atoms with E-state index in [0.29, 0.717) is 0 Å². The van der Waals surface area contributed by atoms with Crippen molar-refractivity contribution in [2.24, 2.45) is 0 Å². The zero-order valence-electron chi connectivity index (χ0n) is 17.2. The summed E-state index contributed by atoms with van der Waals surface area (Å²) in [5, 5.41) is 3.91. The Hall–Kier alpha value is -3.38. The molecule has 0 fully saturated rings. The van der Waals surface area contributed by atoms with Gasteiger partial charge < -0.3 is 10.1 Å². The molecule has 2 atom stereocenters. The molecule has 5 nitrogen and oxygen atoms in total. The first-order valence-electron chi connectivity index (χ1n) is 10.1. The summed E-state index contributed by atoms with van der Waals surface area (Å²) in [6, 6.07) is 18.0. The van der Waals surface area contributed by atoms with Crippen LogP contribution in [0, 0.1) is 0 Å². The first kappa shape index (κ1) is 19.6. The van der Waals surface area contributed by atoms with Gasteiger partial charge in [0.15, 0.2) is 0 Å². The first-order chi connectivity index (χ1) is 15.1. The predicted octanol–water partition coefficient (Wildman–Crippen LogP) is 5.41. The number of hydrogen-bond donors (Lipinski definition) is 1. The number of carbonyl (C=O) groups excluding carboxylic acids is 1. The lowest BCUT2D eigenvalue weighted by Crippen LogP contribution is -2.28. The highest BCUT2D eigenvalue weighted by molar-refractivity contribution is 8.00. The summed E-state index contributed by atoms with van der Waals surface area (Å²) in [5.41, 5.74) is 4.11. The molecule has 0 saturated carbocycles. The van der Waals surface area contributed by atoms with Crippen LogP contribution in [0.4, 0.5) is 0 Å². The standard InChI is InChI=1S/C25H21N3O2S/c1-15-24(25(29)26-2)19-5-4-18(14-23(19)31-15)30-22-9-12-28-21-6-3-17(13-20(21)22)16-7-10-27-11-8-16/h3-15,24H,1-2H3,(H,26,29). The average molecular weight is 428 g/mol. The number of rotatable bonds is 4. The van der Waals surface area contributed by atoms with E-state index in [1.165, 1.54) is 0 Å². The van der Waals surface area contributed by atoms with Gasteiger partial charge in [0, 0.05) is 41.2 Å². The van der Waals surface area contributed by atoms with Gasteiger partial charge >= 0.3 is 0 Å². The molecule has 0 aliphatic carbocycles. The maximum Gasteiger partial charge on any atom is 0.228 e. The number of aromatic nitrogens is 2. The molecule has 0 bridgehead atoms. The van der Waals surface area contributed by atoms with E-state index in [1.54, 1.807) is 37.4 Å². The van der Waals surface area contributed by atoms with Gasteiger partial charge in [0.05, 0.1) is 11.4 Å². The third-order valence-corrected chi connectivity index (χ3v) is 6.83. The quantitative estimate of drug-likeness (QED) is 0.472. The monoisotopic (exact) mass is 427 g/mol. The van der Waals surface area contributed by atoms with E-state index in [0.717, 1.165) is 44.0 Å². The van der Waals surface area contributed by atoms with Gasteiger partial charge in [-0.1, -0.05) is 19.1 Å². The number of nitrogens with one attached hydrogen (secondary N) is 1. The van der Waals surface area contributed by atoms with Gasteiger partial charge in [-0.2, -0.15) is 0 Å². The summed E-state index contributed by atoms with van der Waals surface area (Å²) in [6.07, 6.45) is 5.33. The molecule has 5 rings (SSSR count). The van der Waals surface area contributed by atoms with Crippen LogP contribution in [-0.2, 0) is 4.79 Å². The van der Waals surface area contributed by atoms with E-state index in [9.17, 15) is 4.79 Å². The van der Waals surface area contributed by atoms with Crippen molar-refractivity contribution in [2.75, 3.05) is 7.05 Å². The molecule has 31 heavy (non-hydrogen) atoms. The third kappa shape index (κ3) is 3.64. The molecule has 2 unspecified atom stereocenters. The van der Waals surface area contributed by atoms with Gasteiger partial charge in [0.2, 0.25) is 5.91 Å². The maximum absolute atomic E-state index is 12.3. The van der Waals surface area contributed by atoms with E-state index in [2.05, 4.69) is 34.3 Å². The largest absolute Gasteiger partial charge is 0.457 e. The molecule has 2 aromatic heterocycles. The minimum atomic E-state index is -0.135. The Bertz CT molecular complexity index is 1280. The van der Waals surface area contributed by atoms with Crippen LogP contribution in [0.25, 0.3) is 22.0 Å². The second-order valence-corrected chi connectivity index (χ2v) is 8.91. The van der Waals surface area contributed by atoms with Crippen molar-refractivity contribution in [3.8, 4) is 22.6 Å². The van der Waals surface area contributed by atoms with E-state index >= 15 is 0 Å². The summed E-state index contributed by atoms with van der Waals surface area (Å²) < 4.78 is 6.30. The number of ether oxygens (including phenoxy) is 1. The molecular weight excluding hydrogens is 406 g/mol. The molecule has 0 radical (unpaired) electrons. The van der Waals surface area contributed by atoms with Crippen molar-refractivity contribution in [3.63, 3.8) is 0 Å². The highest BCUT2D eigenvalue weighted by Gasteiger charge is 2.35. The van der Waals surface area contributed by atoms with Crippen molar-refractivity contribution in [1.82, 2.24) is 15.3 Å². The average Bonchev–Trinajstić information content (AvgIpc) is 3.14. The SMILES string of the molecule is CNC(=O)C1c2ccc(Oc3ccnc4ccc(-c5ccncc5)cc34)cc2SC1C. The number of carbonyl (C=O) groups is 1. The lowest BCUT2D eigenvalue weighted by Gasteiger charge is -2.14. The molecule has 1 aliphatic rings. The van der Waals surface area contributed by atoms with Crippen LogP contribution in [0.2, 0.25) is 0 Å². The zero-order chi connectivity index (χ0) is 21.4. The molecule has 154 valence electrons. The topological polar surface area (TPSA) is 64.1 Å². The molecule has 4 aromatic rings. The second-order valence-electron chi connectivity index (χ2n) is 7.49. The molecule has 1 amide bonds. The molecule has 3 heterocycles. The van der Waals surface area contributed by atoms with Crippen molar-refractivity contribution in [2.45, 2.75) is 23.0 Å². The third-order valence-electron chi connectivity index (χ3n) is 5.57. The molecular formula is C25H21N3O2S. The predicted molar refractivity (Wildman–Crippen MR) is 124 cm³/mol. The van der Waals surface area contributed by atoms with Crippen LogP contribution in [0.15, 0.2) is 78.1 Å². The number of pyridine rings is 2. The normalized spacial score (nSPS) is 17.4. The lowest BCUT2D eigenvalue weighted by molar-refractivity contribution is -0.121. The van der Waals surface area contributed by atoms with Crippen LogP contribution in [-0.4, -0.2) is 28.2 Å². The summed E-state index contributed by atoms with van der Waals surface area (Å²) in [7, 11) is 1.68. The molecule has 2 aromatic carbocycles. The van der Waals surface area contributed by atoms with Crippen LogP contribution in [0.1, 0.15) is 18.4 Å². The van der Waals surface area contributed by atoms with Crippen molar-refractivity contribution in [3.05, 3.63) is 78.8 Å². The Balaban J connectivity index is 1.50. The summed E-state index contributed by atoms with van der Waals surface area (Å²) in [6.45, 7) is 2.09. The molecule has 0 spiro atoms. The van der Waals surface area contributed by atoms with Crippen molar-refractivity contribution >= 4 is 28.6 Å². The molecule has 1 aliphatic heterocycles. The van der Waals surface area contributed by atoms with Crippen molar-refractivity contribution < 1.29 is 9.53 Å². The summed E-state index contributed by atoms with van der Waals surface area (Å²) >= 11 is 1.71. The Morgan fingerprint density at radius 3 is 2.65 bits per heavy atom. The molecule has 0 saturated heterocycles. The second kappa shape index (κ2) is 8.04. The van der Waals surface area contributed by atoms with Crippen LogP contribution < -0.4 is 10.1 Å². The van der Waals surface area contributed by atoms with E-state index in [1.807, 2.05) is 42.5 Å². The number of amides is 1. The number of fused-ring (bicyclic) bond motifs is 2. The van der Waals surface area contributed by atoms with Gasteiger partial charge in [0.25, 0.3) is 0 Å². The fraction of sp³-hybridized carbons (Fsp3) is 0.160. The number of nitrogens with zero attached hydrogens (tertiary/aromatic N) is 2. The minimum Gasteiger partial charge on any atom is -0.457 e. The van der Waals surface area contributed by atoms with E-state index in [4.69, 9.17) is 4.74 Å². The van der Waals surface area contributed by atoms with Gasteiger partial charge in [-0.25, -0.2) is 0 Å².